The third-order valence-corrected chi connectivity index (χ3v) is 2.93. The standard InChI is InChI=1S/C14H19NO4/c1-9(2)11(8-16)13(17)15-12-7-5-4-6-10(12)14(18)19-3/h4-7,9,11,16H,8H2,1-3H3,(H,15,17). The summed E-state index contributed by atoms with van der Waals surface area (Å²) >= 11 is 0. The molecule has 0 spiro atoms. The number of ether oxygens (including phenoxy) is 1. The summed E-state index contributed by atoms with van der Waals surface area (Å²) < 4.78 is 4.65. The fourth-order valence-corrected chi connectivity index (χ4v) is 1.70. The summed E-state index contributed by atoms with van der Waals surface area (Å²) in [5.41, 5.74) is 0.678. The van der Waals surface area contributed by atoms with E-state index in [1.165, 1.54) is 7.11 Å². The molecule has 1 aromatic rings. The second kappa shape index (κ2) is 6.89. The van der Waals surface area contributed by atoms with Gasteiger partial charge in [-0.15, -0.1) is 0 Å². The Morgan fingerprint density at radius 2 is 1.95 bits per heavy atom. The summed E-state index contributed by atoms with van der Waals surface area (Å²) in [7, 11) is 1.28. The van der Waals surface area contributed by atoms with Crippen molar-refractivity contribution in [1.82, 2.24) is 0 Å². The highest BCUT2D eigenvalue weighted by molar-refractivity contribution is 6.01. The van der Waals surface area contributed by atoms with E-state index in [2.05, 4.69) is 10.1 Å². The van der Waals surface area contributed by atoms with Crippen LogP contribution in [0.25, 0.3) is 0 Å². The van der Waals surface area contributed by atoms with Crippen LogP contribution in [0.15, 0.2) is 24.3 Å². The summed E-state index contributed by atoms with van der Waals surface area (Å²) in [5.74, 6) is -1.32. The molecule has 1 amide bonds. The lowest BCUT2D eigenvalue weighted by molar-refractivity contribution is -0.122. The first-order valence-corrected chi connectivity index (χ1v) is 6.10. The molecule has 0 heterocycles. The quantitative estimate of drug-likeness (QED) is 0.794. The lowest BCUT2D eigenvalue weighted by Gasteiger charge is -2.18. The van der Waals surface area contributed by atoms with Gasteiger partial charge in [0, 0.05) is 0 Å². The van der Waals surface area contributed by atoms with E-state index in [-0.39, 0.29) is 18.4 Å². The van der Waals surface area contributed by atoms with Gasteiger partial charge in [-0.05, 0) is 18.1 Å². The van der Waals surface area contributed by atoms with Gasteiger partial charge in [-0.2, -0.15) is 0 Å². The van der Waals surface area contributed by atoms with Crippen LogP contribution in [0.4, 0.5) is 5.69 Å². The average molecular weight is 265 g/mol. The molecular formula is C14H19NO4. The van der Waals surface area contributed by atoms with E-state index in [1.54, 1.807) is 24.3 Å². The van der Waals surface area contributed by atoms with E-state index in [0.717, 1.165) is 0 Å². The van der Waals surface area contributed by atoms with E-state index in [1.807, 2.05) is 13.8 Å². The Balaban J connectivity index is 2.93. The molecule has 1 rings (SSSR count). The maximum absolute atomic E-state index is 12.0. The Hall–Kier alpha value is -1.88. The Kier molecular flexibility index (Phi) is 5.51. The summed E-state index contributed by atoms with van der Waals surface area (Å²) in [4.78, 5) is 23.6. The first kappa shape index (κ1) is 15.2. The van der Waals surface area contributed by atoms with Crippen molar-refractivity contribution in [3.8, 4) is 0 Å². The number of aliphatic hydroxyl groups excluding tert-OH is 1. The monoisotopic (exact) mass is 265 g/mol. The van der Waals surface area contributed by atoms with Crippen LogP contribution in [0.2, 0.25) is 0 Å². The van der Waals surface area contributed by atoms with Crippen molar-refractivity contribution >= 4 is 17.6 Å². The number of nitrogens with one attached hydrogen (secondary N) is 1. The van der Waals surface area contributed by atoms with Crippen LogP contribution >= 0.6 is 0 Å². The van der Waals surface area contributed by atoms with Gasteiger partial charge < -0.3 is 15.2 Å². The molecule has 0 radical (unpaired) electrons. The van der Waals surface area contributed by atoms with Crippen LogP contribution in [-0.4, -0.2) is 30.7 Å². The first-order chi connectivity index (χ1) is 9.01. The van der Waals surface area contributed by atoms with Crippen molar-refractivity contribution in [3.63, 3.8) is 0 Å². The second-order valence-corrected chi connectivity index (χ2v) is 4.56. The molecule has 1 aromatic carbocycles. The van der Waals surface area contributed by atoms with Crippen molar-refractivity contribution in [2.24, 2.45) is 11.8 Å². The maximum atomic E-state index is 12.0. The summed E-state index contributed by atoms with van der Waals surface area (Å²) in [6.45, 7) is 3.48. The summed E-state index contributed by atoms with van der Waals surface area (Å²) in [5, 5.41) is 11.9. The zero-order valence-corrected chi connectivity index (χ0v) is 11.3. The van der Waals surface area contributed by atoms with Gasteiger partial charge >= 0.3 is 5.97 Å². The van der Waals surface area contributed by atoms with Crippen LogP contribution in [0.5, 0.6) is 0 Å². The minimum Gasteiger partial charge on any atom is -0.465 e. The molecular weight excluding hydrogens is 246 g/mol. The molecule has 2 N–H and O–H groups in total. The molecule has 0 aliphatic rings. The molecule has 0 fully saturated rings. The van der Waals surface area contributed by atoms with Gasteiger partial charge in [-0.1, -0.05) is 26.0 Å². The van der Waals surface area contributed by atoms with Crippen LogP contribution in [0, 0.1) is 11.8 Å². The Bertz CT molecular complexity index is 457. The molecule has 0 aromatic heterocycles. The molecule has 0 bridgehead atoms. The Labute approximate surface area is 112 Å². The van der Waals surface area contributed by atoms with E-state index in [4.69, 9.17) is 0 Å². The number of methoxy groups -OCH3 is 1. The van der Waals surface area contributed by atoms with Gasteiger partial charge in [0.15, 0.2) is 0 Å². The highest BCUT2D eigenvalue weighted by atomic mass is 16.5. The van der Waals surface area contributed by atoms with Crippen LogP contribution in [0.1, 0.15) is 24.2 Å². The number of rotatable bonds is 5. The lowest BCUT2D eigenvalue weighted by Crippen LogP contribution is -2.30. The number of aliphatic hydroxyl groups is 1. The lowest BCUT2D eigenvalue weighted by atomic mass is 9.95. The first-order valence-electron chi connectivity index (χ1n) is 6.10. The number of amides is 1. The van der Waals surface area contributed by atoms with Gasteiger partial charge in [0.2, 0.25) is 5.91 Å². The zero-order valence-electron chi connectivity index (χ0n) is 11.3. The minimum atomic E-state index is -0.513. The number of anilines is 1. The maximum Gasteiger partial charge on any atom is 0.339 e. The number of benzene rings is 1. The smallest absolute Gasteiger partial charge is 0.339 e. The molecule has 5 nitrogen and oxygen atoms in total. The molecule has 0 aliphatic heterocycles. The number of esters is 1. The van der Waals surface area contributed by atoms with E-state index in [0.29, 0.717) is 11.3 Å². The molecule has 1 atom stereocenters. The van der Waals surface area contributed by atoms with E-state index >= 15 is 0 Å². The largest absolute Gasteiger partial charge is 0.465 e. The SMILES string of the molecule is COC(=O)c1ccccc1NC(=O)C(CO)C(C)C. The summed E-state index contributed by atoms with van der Waals surface area (Å²) in [6, 6.07) is 6.60. The molecule has 0 saturated heterocycles. The molecule has 19 heavy (non-hydrogen) atoms. The normalized spacial score (nSPS) is 12.1. The molecule has 5 heteroatoms. The van der Waals surface area contributed by atoms with E-state index in [9.17, 15) is 14.7 Å². The fourth-order valence-electron chi connectivity index (χ4n) is 1.70. The van der Waals surface area contributed by atoms with Gasteiger partial charge in [0.05, 0.1) is 30.9 Å². The van der Waals surface area contributed by atoms with Crippen molar-refractivity contribution < 1.29 is 19.4 Å². The number of para-hydroxylation sites is 1. The molecule has 1 unspecified atom stereocenters. The fraction of sp³-hybridized carbons (Fsp3) is 0.429. The van der Waals surface area contributed by atoms with Crippen molar-refractivity contribution in [1.29, 1.82) is 0 Å². The molecule has 0 saturated carbocycles. The van der Waals surface area contributed by atoms with Gasteiger partial charge in [0.25, 0.3) is 0 Å². The highest BCUT2D eigenvalue weighted by Gasteiger charge is 2.22. The van der Waals surface area contributed by atoms with Crippen LogP contribution < -0.4 is 5.32 Å². The number of carbonyl (C=O) groups excluding carboxylic acids is 2. The van der Waals surface area contributed by atoms with Gasteiger partial charge in [-0.25, -0.2) is 4.79 Å². The number of hydrogen-bond donors (Lipinski definition) is 2. The van der Waals surface area contributed by atoms with Crippen LogP contribution in [0.3, 0.4) is 0 Å². The van der Waals surface area contributed by atoms with Gasteiger partial charge in [-0.3, -0.25) is 4.79 Å². The van der Waals surface area contributed by atoms with E-state index < -0.39 is 11.9 Å². The summed E-state index contributed by atoms with van der Waals surface area (Å²) in [6.07, 6.45) is 0. The zero-order chi connectivity index (χ0) is 14.4. The molecule has 104 valence electrons. The third kappa shape index (κ3) is 3.79. The second-order valence-electron chi connectivity index (χ2n) is 4.56. The Morgan fingerprint density at radius 1 is 1.32 bits per heavy atom. The predicted molar refractivity (Wildman–Crippen MR) is 71.8 cm³/mol. The highest BCUT2D eigenvalue weighted by Crippen LogP contribution is 2.19. The predicted octanol–water partition coefficient (Wildman–Crippen LogP) is 1.68. The van der Waals surface area contributed by atoms with Crippen molar-refractivity contribution in [3.05, 3.63) is 29.8 Å². The minimum absolute atomic E-state index is 0.00953. The van der Waals surface area contributed by atoms with Crippen molar-refractivity contribution in [2.45, 2.75) is 13.8 Å². The number of hydrogen-bond acceptors (Lipinski definition) is 4. The van der Waals surface area contributed by atoms with Gasteiger partial charge in [0.1, 0.15) is 0 Å². The van der Waals surface area contributed by atoms with Crippen molar-refractivity contribution in [2.75, 3.05) is 19.0 Å². The third-order valence-electron chi connectivity index (χ3n) is 2.93. The Morgan fingerprint density at radius 3 is 2.47 bits per heavy atom. The topological polar surface area (TPSA) is 75.6 Å². The average Bonchev–Trinajstić information content (AvgIpc) is 2.38. The molecule has 0 aliphatic carbocycles. The number of carbonyl (C=O) groups is 2. The van der Waals surface area contributed by atoms with Crippen LogP contribution in [-0.2, 0) is 9.53 Å².